The van der Waals surface area contributed by atoms with Gasteiger partial charge in [0.25, 0.3) is 0 Å². The second kappa shape index (κ2) is 9.00. The zero-order valence-electron chi connectivity index (χ0n) is 9.81. The Balaban J connectivity index is 3.18. The van der Waals surface area contributed by atoms with Crippen molar-refractivity contribution in [3.8, 4) is 0 Å². The number of nitrogens with one attached hydrogen (secondary N) is 1. The van der Waals surface area contributed by atoms with Crippen molar-refractivity contribution < 1.29 is 4.79 Å². The van der Waals surface area contributed by atoms with E-state index in [0.29, 0.717) is 6.42 Å². The first-order chi connectivity index (χ1) is 6.66. The van der Waals surface area contributed by atoms with Crippen LogP contribution in [0, 0.1) is 0 Å². The van der Waals surface area contributed by atoms with Crippen LogP contribution in [-0.2, 0) is 4.79 Å². The molecule has 1 N–H and O–H groups in total. The molecule has 0 saturated carbocycles. The Morgan fingerprint density at radius 1 is 1.21 bits per heavy atom. The molecule has 0 unspecified atom stereocenters. The van der Waals surface area contributed by atoms with Crippen LogP contribution < -0.4 is 5.32 Å². The monoisotopic (exact) mass is 200 g/mol. The third-order valence-electron chi connectivity index (χ3n) is 2.11. The first kappa shape index (κ1) is 13.4. The Hall–Kier alpha value is -0.570. The molecule has 3 nitrogen and oxygen atoms in total. The molecule has 0 bridgehead atoms. The number of hydrogen-bond donors (Lipinski definition) is 1. The molecule has 1 amide bonds. The number of carbonyl (C=O) groups excluding carboxylic acids is 1. The highest BCUT2D eigenvalue weighted by atomic mass is 16.1. The van der Waals surface area contributed by atoms with E-state index in [1.165, 1.54) is 6.42 Å². The summed E-state index contributed by atoms with van der Waals surface area (Å²) in [5.74, 6) is 0.206. The van der Waals surface area contributed by atoms with Gasteiger partial charge in [0.1, 0.15) is 0 Å². The van der Waals surface area contributed by atoms with Gasteiger partial charge in [-0.2, -0.15) is 0 Å². The van der Waals surface area contributed by atoms with E-state index in [9.17, 15) is 4.79 Å². The lowest BCUT2D eigenvalue weighted by atomic mass is 10.2. The summed E-state index contributed by atoms with van der Waals surface area (Å²) in [5, 5.41) is 2.93. The molecule has 14 heavy (non-hydrogen) atoms. The van der Waals surface area contributed by atoms with Crippen LogP contribution in [0.5, 0.6) is 0 Å². The molecule has 0 saturated heterocycles. The largest absolute Gasteiger partial charge is 0.356 e. The van der Waals surface area contributed by atoms with E-state index in [1.807, 2.05) is 14.1 Å². The van der Waals surface area contributed by atoms with Gasteiger partial charge in [0.05, 0.1) is 0 Å². The normalized spacial score (nSPS) is 10.6. The maximum absolute atomic E-state index is 11.2. The number of unbranched alkanes of at least 4 members (excludes halogenated alkanes) is 2. The molecule has 0 aromatic heterocycles. The summed E-state index contributed by atoms with van der Waals surface area (Å²) in [6.45, 7) is 3.99. The van der Waals surface area contributed by atoms with Crippen molar-refractivity contribution in [3.63, 3.8) is 0 Å². The molecular weight excluding hydrogens is 176 g/mol. The van der Waals surface area contributed by atoms with Crippen LogP contribution in [0.1, 0.15) is 39.0 Å². The molecule has 0 aromatic rings. The maximum Gasteiger partial charge on any atom is 0.219 e. The lowest BCUT2D eigenvalue weighted by Crippen LogP contribution is -2.26. The second-order valence-corrected chi connectivity index (χ2v) is 3.96. The van der Waals surface area contributed by atoms with Gasteiger partial charge in [-0.3, -0.25) is 4.79 Å². The number of nitrogens with zero attached hydrogens (tertiary/aromatic N) is 1. The number of amides is 1. The fraction of sp³-hybridized carbons (Fsp3) is 0.909. The molecule has 0 heterocycles. The quantitative estimate of drug-likeness (QED) is 0.604. The molecule has 0 aliphatic rings. The number of rotatable bonds is 8. The fourth-order valence-electron chi connectivity index (χ4n) is 1.25. The standard InChI is InChI=1S/C11H24N2O/c1-4-5-6-8-11(14)12-9-7-10-13(2)3/h4-10H2,1-3H3,(H,12,14). The lowest BCUT2D eigenvalue weighted by molar-refractivity contribution is -0.121. The van der Waals surface area contributed by atoms with Crippen LogP contribution >= 0.6 is 0 Å². The van der Waals surface area contributed by atoms with Crippen molar-refractivity contribution in [1.29, 1.82) is 0 Å². The molecule has 0 rings (SSSR count). The van der Waals surface area contributed by atoms with E-state index >= 15 is 0 Å². The van der Waals surface area contributed by atoms with Crippen molar-refractivity contribution >= 4 is 5.91 Å². The van der Waals surface area contributed by atoms with Gasteiger partial charge in [0.2, 0.25) is 5.91 Å². The molecule has 0 aliphatic carbocycles. The summed E-state index contributed by atoms with van der Waals surface area (Å²) >= 11 is 0. The molecular formula is C11H24N2O. The van der Waals surface area contributed by atoms with Crippen molar-refractivity contribution in [2.24, 2.45) is 0 Å². The topological polar surface area (TPSA) is 32.3 Å². The highest BCUT2D eigenvalue weighted by molar-refractivity contribution is 5.75. The summed E-state index contributed by atoms with van der Waals surface area (Å²) in [6, 6.07) is 0. The minimum atomic E-state index is 0.206. The first-order valence-electron chi connectivity index (χ1n) is 5.58. The molecule has 0 aliphatic heterocycles. The Labute approximate surface area is 87.9 Å². The first-order valence-corrected chi connectivity index (χ1v) is 5.58. The predicted molar refractivity (Wildman–Crippen MR) is 60.3 cm³/mol. The average Bonchev–Trinajstić information content (AvgIpc) is 2.13. The Kier molecular flexibility index (Phi) is 8.64. The van der Waals surface area contributed by atoms with Crippen LogP contribution in [0.3, 0.4) is 0 Å². The van der Waals surface area contributed by atoms with Crippen molar-refractivity contribution in [2.75, 3.05) is 27.2 Å². The molecule has 0 atom stereocenters. The van der Waals surface area contributed by atoms with Crippen LogP contribution in [0.4, 0.5) is 0 Å². The van der Waals surface area contributed by atoms with Crippen LogP contribution in [0.15, 0.2) is 0 Å². The van der Waals surface area contributed by atoms with E-state index in [2.05, 4.69) is 17.1 Å². The summed E-state index contributed by atoms with van der Waals surface area (Å²) in [6.07, 6.45) is 5.08. The van der Waals surface area contributed by atoms with E-state index < -0.39 is 0 Å². The summed E-state index contributed by atoms with van der Waals surface area (Å²) in [5.41, 5.74) is 0. The SMILES string of the molecule is CCCCCC(=O)NCCCN(C)C. The smallest absolute Gasteiger partial charge is 0.219 e. The zero-order chi connectivity index (χ0) is 10.8. The van der Waals surface area contributed by atoms with E-state index in [-0.39, 0.29) is 5.91 Å². The Morgan fingerprint density at radius 2 is 1.93 bits per heavy atom. The lowest BCUT2D eigenvalue weighted by Gasteiger charge is -2.09. The van der Waals surface area contributed by atoms with Crippen LogP contribution in [0.2, 0.25) is 0 Å². The third-order valence-corrected chi connectivity index (χ3v) is 2.11. The molecule has 0 aromatic carbocycles. The van der Waals surface area contributed by atoms with Crippen LogP contribution in [-0.4, -0.2) is 38.0 Å². The maximum atomic E-state index is 11.2. The van der Waals surface area contributed by atoms with Gasteiger partial charge in [0, 0.05) is 13.0 Å². The molecule has 0 fully saturated rings. The van der Waals surface area contributed by atoms with Gasteiger partial charge in [-0.05, 0) is 33.5 Å². The van der Waals surface area contributed by atoms with Gasteiger partial charge in [-0.25, -0.2) is 0 Å². The van der Waals surface area contributed by atoms with Gasteiger partial charge < -0.3 is 10.2 Å². The van der Waals surface area contributed by atoms with E-state index in [0.717, 1.165) is 32.4 Å². The van der Waals surface area contributed by atoms with Gasteiger partial charge in [-0.1, -0.05) is 19.8 Å². The molecule has 0 spiro atoms. The Bertz CT molecular complexity index is 146. The Morgan fingerprint density at radius 3 is 2.50 bits per heavy atom. The predicted octanol–water partition coefficient (Wildman–Crippen LogP) is 1.63. The number of carbonyl (C=O) groups is 1. The van der Waals surface area contributed by atoms with E-state index in [1.54, 1.807) is 0 Å². The van der Waals surface area contributed by atoms with E-state index in [4.69, 9.17) is 0 Å². The van der Waals surface area contributed by atoms with Crippen molar-refractivity contribution in [1.82, 2.24) is 10.2 Å². The fourth-order valence-corrected chi connectivity index (χ4v) is 1.25. The average molecular weight is 200 g/mol. The minimum Gasteiger partial charge on any atom is -0.356 e. The van der Waals surface area contributed by atoms with Gasteiger partial charge in [0.15, 0.2) is 0 Å². The summed E-state index contributed by atoms with van der Waals surface area (Å²) in [7, 11) is 4.09. The molecule has 3 heteroatoms. The summed E-state index contributed by atoms with van der Waals surface area (Å²) in [4.78, 5) is 13.4. The second-order valence-electron chi connectivity index (χ2n) is 3.96. The summed E-state index contributed by atoms with van der Waals surface area (Å²) < 4.78 is 0. The minimum absolute atomic E-state index is 0.206. The van der Waals surface area contributed by atoms with Crippen molar-refractivity contribution in [3.05, 3.63) is 0 Å². The highest BCUT2D eigenvalue weighted by Crippen LogP contribution is 1.98. The molecule has 84 valence electrons. The van der Waals surface area contributed by atoms with Crippen LogP contribution in [0.25, 0.3) is 0 Å². The van der Waals surface area contributed by atoms with Gasteiger partial charge >= 0.3 is 0 Å². The third kappa shape index (κ3) is 9.52. The highest BCUT2D eigenvalue weighted by Gasteiger charge is 1.99. The zero-order valence-corrected chi connectivity index (χ0v) is 9.81. The number of hydrogen-bond acceptors (Lipinski definition) is 2. The molecule has 0 radical (unpaired) electrons. The van der Waals surface area contributed by atoms with Gasteiger partial charge in [-0.15, -0.1) is 0 Å². The van der Waals surface area contributed by atoms with Crippen molar-refractivity contribution in [2.45, 2.75) is 39.0 Å².